The summed E-state index contributed by atoms with van der Waals surface area (Å²) in [5.41, 5.74) is 2.36. The van der Waals surface area contributed by atoms with E-state index >= 15 is 0 Å². The van der Waals surface area contributed by atoms with Crippen LogP contribution in [0.1, 0.15) is 42.3 Å². The van der Waals surface area contributed by atoms with Gasteiger partial charge in [0.05, 0.1) is 29.2 Å². The number of nitrogens with zero attached hydrogens (tertiary/aromatic N) is 2. The van der Waals surface area contributed by atoms with Crippen molar-refractivity contribution in [2.24, 2.45) is 0 Å². The Morgan fingerprint density at radius 3 is 2.06 bits per heavy atom. The lowest BCUT2D eigenvalue weighted by Crippen LogP contribution is -2.20. The third-order valence-electron chi connectivity index (χ3n) is 5.26. The zero-order chi connectivity index (χ0) is 24.3. The Bertz CT molecular complexity index is 1150. The quantitative estimate of drug-likeness (QED) is 0.177. The molecule has 0 radical (unpaired) electrons. The second kappa shape index (κ2) is 10.3. The molecule has 1 aromatic heterocycles. The second-order valence-electron chi connectivity index (χ2n) is 7.63. The van der Waals surface area contributed by atoms with E-state index in [1.165, 1.54) is 5.56 Å². The van der Waals surface area contributed by atoms with E-state index in [0.29, 0.717) is 17.1 Å². The second-order valence-corrected chi connectivity index (χ2v) is 8.04. The molecule has 0 aliphatic rings. The Kier molecular flexibility index (Phi) is 7.68. The number of hydrogen-bond acceptors (Lipinski definition) is 2. The highest BCUT2D eigenvalue weighted by Gasteiger charge is 2.26. The predicted molar refractivity (Wildman–Crippen MR) is 122 cm³/mol. The van der Waals surface area contributed by atoms with Gasteiger partial charge in [-0.15, -0.1) is 0 Å². The minimum Gasteiger partial charge on any atom is -0.332 e. The summed E-state index contributed by atoms with van der Waals surface area (Å²) in [5.74, 6) is -9.94. The van der Waals surface area contributed by atoms with Gasteiger partial charge in [-0.05, 0) is 56.6 Å². The zero-order valence-electron chi connectivity index (χ0n) is 18.3. The number of thiocarbonyl (C=S) groups is 1. The molecule has 0 amide bonds. The van der Waals surface area contributed by atoms with Crippen LogP contribution < -0.4 is 10.6 Å². The fourth-order valence-electron chi connectivity index (χ4n) is 3.38. The van der Waals surface area contributed by atoms with Crippen LogP contribution in [0.15, 0.2) is 24.3 Å². The fourth-order valence-corrected chi connectivity index (χ4v) is 3.60. The van der Waals surface area contributed by atoms with Gasteiger partial charge in [0, 0.05) is 5.69 Å². The molecule has 3 aromatic rings. The van der Waals surface area contributed by atoms with Crippen molar-refractivity contribution in [1.82, 2.24) is 9.78 Å². The molecule has 0 aliphatic heterocycles. The number of hydrogen-bond donors (Lipinski definition) is 2. The Morgan fingerprint density at radius 1 is 0.909 bits per heavy atom. The van der Waals surface area contributed by atoms with Crippen molar-refractivity contribution in [3.05, 3.63) is 75.9 Å². The molecule has 0 bridgehead atoms. The predicted octanol–water partition coefficient (Wildman–Crippen LogP) is 6.40. The van der Waals surface area contributed by atoms with Gasteiger partial charge in [0.1, 0.15) is 0 Å². The molecule has 10 heteroatoms. The van der Waals surface area contributed by atoms with Gasteiger partial charge in [0.15, 0.2) is 28.4 Å². The zero-order valence-corrected chi connectivity index (χ0v) is 19.1. The Morgan fingerprint density at radius 2 is 1.48 bits per heavy atom. The van der Waals surface area contributed by atoms with Crippen LogP contribution in [0.2, 0.25) is 0 Å². The highest BCUT2D eigenvalue weighted by molar-refractivity contribution is 7.80. The first-order chi connectivity index (χ1) is 15.6. The Labute approximate surface area is 193 Å². The van der Waals surface area contributed by atoms with Gasteiger partial charge >= 0.3 is 0 Å². The van der Waals surface area contributed by atoms with Gasteiger partial charge in [-0.1, -0.05) is 25.5 Å². The molecule has 0 spiro atoms. The molecule has 0 atom stereocenters. The summed E-state index contributed by atoms with van der Waals surface area (Å²) in [6.07, 6.45) is 3.23. The smallest absolute Gasteiger partial charge is 0.200 e. The van der Waals surface area contributed by atoms with E-state index in [9.17, 15) is 22.0 Å². The number of rotatable bonds is 7. The minimum atomic E-state index is -2.20. The number of aromatic nitrogens is 2. The van der Waals surface area contributed by atoms with Gasteiger partial charge in [0.25, 0.3) is 0 Å². The van der Waals surface area contributed by atoms with Crippen molar-refractivity contribution in [1.29, 1.82) is 0 Å². The van der Waals surface area contributed by atoms with Gasteiger partial charge in [-0.25, -0.2) is 22.0 Å². The number of nitrogens with one attached hydrogen (secondary N) is 2. The number of anilines is 2. The maximum Gasteiger partial charge on any atom is 0.200 e. The maximum atomic E-state index is 14.1. The van der Waals surface area contributed by atoms with Gasteiger partial charge < -0.3 is 10.6 Å². The molecule has 0 unspecified atom stereocenters. The van der Waals surface area contributed by atoms with Crippen LogP contribution in [0.5, 0.6) is 0 Å². The third-order valence-corrected chi connectivity index (χ3v) is 5.46. The van der Waals surface area contributed by atoms with E-state index in [4.69, 9.17) is 12.2 Å². The van der Waals surface area contributed by atoms with E-state index in [2.05, 4.69) is 22.7 Å². The van der Waals surface area contributed by atoms with Crippen LogP contribution in [0.3, 0.4) is 0 Å². The molecule has 0 saturated heterocycles. The third kappa shape index (κ3) is 5.32. The molecule has 1 heterocycles. The SMILES string of the molecule is CCCCc1ccc(NC(=S)Nc2c(C)nn(Cc3c(F)c(F)c(F)c(F)c3F)c2C)cc1. The molecule has 176 valence electrons. The molecule has 3 rings (SSSR count). The first-order valence-corrected chi connectivity index (χ1v) is 10.8. The Hall–Kier alpha value is -3.01. The number of unbranched alkanes of at least 4 members (excludes halogenated alkanes) is 1. The number of aryl methyl sites for hydroxylation is 2. The summed E-state index contributed by atoms with van der Waals surface area (Å²) in [5, 5.41) is 10.5. The molecule has 33 heavy (non-hydrogen) atoms. The summed E-state index contributed by atoms with van der Waals surface area (Å²) in [6.45, 7) is 4.73. The highest BCUT2D eigenvalue weighted by atomic mass is 32.1. The minimum absolute atomic E-state index is 0.262. The van der Waals surface area contributed by atoms with E-state index < -0.39 is 41.2 Å². The van der Waals surface area contributed by atoms with E-state index in [0.717, 1.165) is 29.6 Å². The van der Waals surface area contributed by atoms with Crippen molar-refractivity contribution < 1.29 is 22.0 Å². The molecule has 0 aliphatic carbocycles. The molecule has 0 saturated carbocycles. The molecule has 2 aromatic carbocycles. The van der Waals surface area contributed by atoms with Crippen molar-refractivity contribution >= 4 is 28.7 Å². The standard InChI is InChI=1S/C23H23F5N4S/c1-4-5-6-14-7-9-15(10-8-14)29-23(33)30-22-12(2)31-32(13(22)3)11-16-17(24)19(26)21(28)20(27)18(16)25/h7-10H,4-6,11H2,1-3H3,(H2,29,30,33). The first-order valence-electron chi connectivity index (χ1n) is 10.3. The lowest BCUT2D eigenvalue weighted by molar-refractivity contribution is 0.366. The van der Waals surface area contributed by atoms with Crippen LogP contribution >= 0.6 is 12.2 Å². The average molecular weight is 483 g/mol. The lowest BCUT2D eigenvalue weighted by atomic mass is 10.1. The van der Waals surface area contributed by atoms with Gasteiger partial charge in [0.2, 0.25) is 5.82 Å². The van der Waals surface area contributed by atoms with E-state index in [-0.39, 0.29) is 5.11 Å². The van der Waals surface area contributed by atoms with Crippen molar-refractivity contribution in [3.63, 3.8) is 0 Å². The first kappa shape index (κ1) is 24.6. The summed E-state index contributed by atoms with van der Waals surface area (Å²) in [6, 6.07) is 7.84. The summed E-state index contributed by atoms with van der Waals surface area (Å²) >= 11 is 5.35. The lowest BCUT2D eigenvalue weighted by Gasteiger charge is -2.12. The van der Waals surface area contributed by atoms with Crippen LogP contribution in [-0.4, -0.2) is 14.9 Å². The van der Waals surface area contributed by atoms with Gasteiger partial charge in [-0.3, -0.25) is 4.68 Å². The summed E-state index contributed by atoms with van der Waals surface area (Å²) < 4.78 is 69.6. The number of halogens is 5. The summed E-state index contributed by atoms with van der Waals surface area (Å²) in [4.78, 5) is 0. The fraction of sp³-hybridized carbons (Fsp3) is 0.304. The molecular weight excluding hydrogens is 459 g/mol. The van der Waals surface area contributed by atoms with Crippen molar-refractivity contribution in [2.75, 3.05) is 10.6 Å². The molecule has 4 nitrogen and oxygen atoms in total. The average Bonchev–Trinajstić information content (AvgIpc) is 3.06. The van der Waals surface area contributed by atoms with Crippen LogP contribution in [0.4, 0.5) is 33.3 Å². The van der Waals surface area contributed by atoms with Crippen LogP contribution in [-0.2, 0) is 13.0 Å². The van der Waals surface area contributed by atoms with Crippen LogP contribution in [0, 0.1) is 42.9 Å². The van der Waals surface area contributed by atoms with Gasteiger partial charge in [-0.2, -0.15) is 5.10 Å². The van der Waals surface area contributed by atoms with Crippen molar-refractivity contribution in [2.45, 2.75) is 46.6 Å². The Balaban J connectivity index is 1.76. The highest BCUT2D eigenvalue weighted by Crippen LogP contribution is 2.26. The van der Waals surface area contributed by atoms with Crippen molar-refractivity contribution in [3.8, 4) is 0 Å². The normalized spacial score (nSPS) is 11.0. The maximum absolute atomic E-state index is 14.1. The molecular formula is C23H23F5N4S. The summed E-state index contributed by atoms with van der Waals surface area (Å²) in [7, 11) is 0. The molecule has 0 fully saturated rings. The monoisotopic (exact) mass is 482 g/mol. The molecule has 2 N–H and O–H groups in total. The number of benzene rings is 2. The topological polar surface area (TPSA) is 41.9 Å². The largest absolute Gasteiger partial charge is 0.332 e. The van der Waals surface area contributed by atoms with E-state index in [1.807, 2.05) is 24.3 Å². The van der Waals surface area contributed by atoms with Crippen LogP contribution in [0.25, 0.3) is 0 Å². The van der Waals surface area contributed by atoms with E-state index in [1.54, 1.807) is 13.8 Å².